The van der Waals surface area contributed by atoms with E-state index < -0.39 is 48.8 Å². The first-order valence-corrected chi connectivity index (χ1v) is 12.2. The molecule has 0 aromatic heterocycles. The van der Waals surface area contributed by atoms with Crippen molar-refractivity contribution in [2.45, 2.75) is 49.7 Å². The van der Waals surface area contributed by atoms with Crippen LogP contribution < -0.4 is 0 Å². The second-order valence-corrected chi connectivity index (χ2v) is 8.81. The lowest BCUT2D eigenvalue weighted by Crippen LogP contribution is -2.65. The number of fused-ring (bicyclic) bond motifs is 1. The largest absolute Gasteiger partial charge is 0.453 e. The number of alkyl halides is 1. The monoisotopic (exact) mass is 536 g/mol. The van der Waals surface area contributed by atoms with Crippen molar-refractivity contribution in [3.8, 4) is 0 Å². The number of ether oxygens (including phenoxy) is 7. The van der Waals surface area contributed by atoms with E-state index in [-0.39, 0.29) is 6.61 Å². The van der Waals surface area contributed by atoms with Gasteiger partial charge in [0.25, 0.3) is 0 Å². The van der Waals surface area contributed by atoms with Crippen LogP contribution in [0.15, 0.2) is 60.7 Å². The molecular weight excluding hydrogens is 508 g/mol. The van der Waals surface area contributed by atoms with Crippen molar-refractivity contribution in [2.24, 2.45) is 0 Å². The van der Waals surface area contributed by atoms with Crippen LogP contribution in [0, 0.1) is 0 Å². The van der Waals surface area contributed by atoms with Crippen molar-refractivity contribution in [3.63, 3.8) is 0 Å². The molecule has 8 nitrogen and oxygen atoms in total. The first kappa shape index (κ1) is 25.2. The number of esters is 1. The van der Waals surface area contributed by atoms with Crippen LogP contribution in [-0.4, -0.2) is 68.6 Å². The lowest BCUT2D eigenvalue weighted by Gasteiger charge is -2.49. The topological polar surface area (TPSA) is 81.7 Å². The molecule has 7 unspecified atom stereocenters. The van der Waals surface area contributed by atoms with Gasteiger partial charge < -0.3 is 33.2 Å². The number of methoxy groups -OCH3 is 2. The van der Waals surface area contributed by atoms with E-state index in [9.17, 15) is 4.79 Å². The zero-order chi connectivity index (χ0) is 24.1. The Bertz CT molecular complexity index is 923. The molecule has 2 heterocycles. The van der Waals surface area contributed by atoms with Crippen LogP contribution in [0.4, 0.5) is 0 Å². The quantitative estimate of drug-likeness (QED) is 0.286. The Morgan fingerprint density at radius 3 is 2.32 bits per heavy atom. The summed E-state index contributed by atoms with van der Waals surface area (Å²) in [6, 6.07) is 18.3. The molecule has 2 aromatic rings. The van der Waals surface area contributed by atoms with E-state index in [2.05, 4.69) is 15.9 Å². The molecule has 0 saturated carbocycles. The minimum atomic E-state index is -1.03. The Balaban J connectivity index is 1.66. The summed E-state index contributed by atoms with van der Waals surface area (Å²) >= 11 is 3.43. The van der Waals surface area contributed by atoms with Crippen molar-refractivity contribution >= 4 is 21.9 Å². The van der Waals surface area contributed by atoms with Gasteiger partial charge in [0.05, 0.1) is 17.5 Å². The second-order valence-electron chi connectivity index (χ2n) is 8.25. The van der Waals surface area contributed by atoms with Gasteiger partial charge >= 0.3 is 5.97 Å². The van der Waals surface area contributed by atoms with Crippen molar-refractivity contribution in [1.29, 1.82) is 0 Å². The highest BCUT2D eigenvalue weighted by Gasteiger charge is 2.54. The number of hydrogen-bond donors (Lipinski definition) is 0. The molecule has 184 valence electrons. The minimum absolute atomic E-state index is 0.232. The Labute approximate surface area is 207 Å². The molecule has 0 spiro atoms. The van der Waals surface area contributed by atoms with Gasteiger partial charge in [-0.15, -0.1) is 0 Å². The SMILES string of the molecule is COC1OC2COC(c3ccccc3)OC2C(OC(=O)c2ccccc2)C1OC(C)(CBr)OC. The number of carbonyl (C=O) groups excluding carboxylic acids is 1. The predicted octanol–water partition coefficient (Wildman–Crippen LogP) is 3.84. The van der Waals surface area contributed by atoms with Crippen molar-refractivity contribution in [1.82, 2.24) is 0 Å². The maximum Gasteiger partial charge on any atom is 0.338 e. The van der Waals surface area contributed by atoms with E-state index in [1.807, 2.05) is 36.4 Å². The molecule has 2 fully saturated rings. The fourth-order valence-electron chi connectivity index (χ4n) is 3.96. The fraction of sp³-hybridized carbons (Fsp3) is 0.480. The maximum atomic E-state index is 13.1. The average Bonchev–Trinajstić information content (AvgIpc) is 2.90. The van der Waals surface area contributed by atoms with Crippen LogP contribution in [0.5, 0.6) is 0 Å². The third-order valence-electron chi connectivity index (χ3n) is 5.90. The molecule has 7 atom stereocenters. The fourth-order valence-corrected chi connectivity index (χ4v) is 4.32. The Morgan fingerprint density at radius 2 is 1.71 bits per heavy atom. The van der Waals surface area contributed by atoms with Crippen molar-refractivity contribution < 1.29 is 38.0 Å². The van der Waals surface area contributed by atoms with E-state index in [1.165, 1.54) is 14.2 Å². The van der Waals surface area contributed by atoms with E-state index in [0.717, 1.165) is 5.56 Å². The molecule has 4 rings (SSSR count). The summed E-state index contributed by atoms with van der Waals surface area (Å²) in [5.41, 5.74) is 1.27. The zero-order valence-corrected chi connectivity index (χ0v) is 20.9. The van der Waals surface area contributed by atoms with Crippen LogP contribution in [0.25, 0.3) is 0 Å². The maximum absolute atomic E-state index is 13.1. The lowest BCUT2D eigenvalue weighted by atomic mass is 9.96. The normalized spacial score (nSPS) is 30.7. The average molecular weight is 537 g/mol. The highest BCUT2D eigenvalue weighted by molar-refractivity contribution is 9.09. The van der Waals surface area contributed by atoms with Crippen LogP contribution in [0.3, 0.4) is 0 Å². The van der Waals surface area contributed by atoms with Gasteiger partial charge in [0.15, 0.2) is 30.6 Å². The van der Waals surface area contributed by atoms with Gasteiger partial charge in [-0.25, -0.2) is 4.79 Å². The predicted molar refractivity (Wildman–Crippen MR) is 125 cm³/mol. The highest BCUT2D eigenvalue weighted by Crippen LogP contribution is 2.38. The highest BCUT2D eigenvalue weighted by atomic mass is 79.9. The zero-order valence-electron chi connectivity index (χ0n) is 19.3. The number of halogens is 1. The number of hydrogen-bond acceptors (Lipinski definition) is 8. The molecule has 2 saturated heterocycles. The minimum Gasteiger partial charge on any atom is -0.453 e. The summed E-state index contributed by atoms with van der Waals surface area (Å²) in [6.07, 6.45) is -4.39. The van der Waals surface area contributed by atoms with E-state index in [0.29, 0.717) is 10.9 Å². The molecule has 34 heavy (non-hydrogen) atoms. The van der Waals surface area contributed by atoms with Gasteiger partial charge in [-0.3, -0.25) is 0 Å². The van der Waals surface area contributed by atoms with Crippen LogP contribution >= 0.6 is 15.9 Å². The van der Waals surface area contributed by atoms with E-state index >= 15 is 0 Å². The molecule has 2 aliphatic heterocycles. The summed E-state index contributed by atoms with van der Waals surface area (Å²) < 4.78 is 41.9. The number of carbonyl (C=O) groups is 1. The summed E-state index contributed by atoms with van der Waals surface area (Å²) in [6.45, 7) is 2.00. The molecular formula is C25H29BrO8. The molecule has 0 bridgehead atoms. The van der Waals surface area contributed by atoms with Crippen LogP contribution in [0.1, 0.15) is 29.1 Å². The number of rotatable bonds is 8. The summed E-state index contributed by atoms with van der Waals surface area (Å²) in [5.74, 6) is -1.53. The van der Waals surface area contributed by atoms with Gasteiger partial charge in [0, 0.05) is 19.8 Å². The first-order chi connectivity index (χ1) is 16.5. The smallest absolute Gasteiger partial charge is 0.338 e. The Kier molecular flexibility index (Phi) is 8.36. The summed E-state index contributed by atoms with van der Waals surface area (Å²) in [4.78, 5) is 13.1. The molecule has 9 heteroatoms. The van der Waals surface area contributed by atoms with Gasteiger partial charge in [-0.05, 0) is 19.1 Å². The molecule has 2 aromatic carbocycles. The molecule has 0 N–H and O–H groups in total. The van der Waals surface area contributed by atoms with Crippen molar-refractivity contribution in [2.75, 3.05) is 26.2 Å². The second kappa shape index (κ2) is 11.3. The van der Waals surface area contributed by atoms with E-state index in [1.54, 1.807) is 31.2 Å². The Hall–Kier alpha value is -1.85. The van der Waals surface area contributed by atoms with E-state index in [4.69, 9.17) is 33.2 Å². The third kappa shape index (κ3) is 5.52. The Morgan fingerprint density at radius 1 is 1.03 bits per heavy atom. The molecule has 2 aliphatic rings. The van der Waals surface area contributed by atoms with Gasteiger partial charge in [0.1, 0.15) is 12.2 Å². The number of benzene rings is 2. The van der Waals surface area contributed by atoms with Crippen LogP contribution in [-0.2, 0) is 33.2 Å². The molecule has 0 aliphatic carbocycles. The van der Waals surface area contributed by atoms with Gasteiger partial charge in [-0.2, -0.15) is 0 Å². The summed E-state index contributed by atoms with van der Waals surface area (Å²) in [5, 5.41) is 0.369. The van der Waals surface area contributed by atoms with Crippen molar-refractivity contribution in [3.05, 3.63) is 71.8 Å². The van der Waals surface area contributed by atoms with Gasteiger partial charge in [0.2, 0.25) is 0 Å². The molecule has 0 radical (unpaired) electrons. The standard InChI is InChI=1S/C25H29BrO8/c1-25(15-26,29-3)34-21-20(32-22(27)16-10-6-4-7-11-16)19-18(31-24(21)28-2)14-30-23(33-19)17-12-8-5-9-13-17/h4-13,18-21,23-24H,14-15H2,1-3H3. The van der Waals surface area contributed by atoms with Crippen LogP contribution in [0.2, 0.25) is 0 Å². The summed E-state index contributed by atoms with van der Waals surface area (Å²) in [7, 11) is 3.05. The third-order valence-corrected chi connectivity index (χ3v) is 6.92. The first-order valence-electron chi connectivity index (χ1n) is 11.0. The molecule has 0 amide bonds. The lowest BCUT2D eigenvalue weighted by molar-refractivity contribution is -0.381. The van der Waals surface area contributed by atoms with Gasteiger partial charge in [-0.1, -0.05) is 64.5 Å².